The highest BCUT2D eigenvalue weighted by Gasteiger charge is 2.43. The molecule has 0 bridgehead atoms. The molecular weight excluding hydrogens is 296 g/mol. The summed E-state index contributed by atoms with van der Waals surface area (Å²) < 4.78 is 5.86. The van der Waals surface area contributed by atoms with Gasteiger partial charge in [0.05, 0.1) is 0 Å². The van der Waals surface area contributed by atoms with Gasteiger partial charge in [0.15, 0.2) is 5.05 Å². The van der Waals surface area contributed by atoms with Crippen LogP contribution in [0, 0.1) is 5.92 Å². The van der Waals surface area contributed by atoms with E-state index in [1.807, 2.05) is 0 Å². The fourth-order valence-electron chi connectivity index (χ4n) is 3.18. The maximum Gasteiger partial charge on any atom is 0.167 e. The lowest BCUT2D eigenvalue weighted by Crippen LogP contribution is -2.18. The van der Waals surface area contributed by atoms with E-state index in [2.05, 4.69) is 49.9 Å². The first-order chi connectivity index (χ1) is 10.2. The lowest BCUT2D eigenvalue weighted by molar-refractivity contribution is 0.392. The van der Waals surface area contributed by atoms with Crippen molar-refractivity contribution in [2.24, 2.45) is 5.92 Å². The minimum atomic E-state index is 0.609. The van der Waals surface area contributed by atoms with Crippen LogP contribution in [0.5, 0.6) is 5.75 Å². The molecule has 0 radical (unpaired) electrons. The number of fused-ring (bicyclic) bond motifs is 1. The van der Waals surface area contributed by atoms with E-state index in [0.29, 0.717) is 5.92 Å². The van der Waals surface area contributed by atoms with Crippen LogP contribution < -0.4 is 4.74 Å². The van der Waals surface area contributed by atoms with Gasteiger partial charge in [-0.2, -0.15) is 11.8 Å². The van der Waals surface area contributed by atoms with Crippen molar-refractivity contribution in [3.63, 3.8) is 0 Å². The number of hydrogen-bond acceptors (Lipinski definition) is 3. The molecule has 4 atom stereocenters. The second kappa shape index (κ2) is 6.70. The third-order valence-electron chi connectivity index (χ3n) is 4.86. The van der Waals surface area contributed by atoms with Gasteiger partial charge in [-0.15, -0.1) is 0 Å². The molecule has 4 unspecified atom stereocenters. The summed E-state index contributed by atoms with van der Waals surface area (Å²) in [4.78, 5) is 0. The lowest BCUT2D eigenvalue weighted by atomic mass is 9.87. The summed E-state index contributed by atoms with van der Waals surface area (Å²) in [6, 6.07) is 8.44. The average molecular weight is 321 g/mol. The molecule has 114 valence electrons. The van der Waals surface area contributed by atoms with Gasteiger partial charge in [-0.05, 0) is 67.4 Å². The summed E-state index contributed by atoms with van der Waals surface area (Å²) in [7, 11) is 0. The van der Waals surface area contributed by atoms with Crippen LogP contribution in [0.4, 0.5) is 0 Å². The van der Waals surface area contributed by atoms with Gasteiger partial charge in [-0.3, -0.25) is 0 Å². The topological polar surface area (TPSA) is 9.23 Å². The van der Waals surface area contributed by atoms with Crippen molar-refractivity contribution in [3.05, 3.63) is 29.8 Å². The lowest BCUT2D eigenvalue weighted by Gasteiger charge is -2.20. The van der Waals surface area contributed by atoms with E-state index in [0.717, 1.165) is 33.6 Å². The maximum absolute atomic E-state index is 5.86. The van der Waals surface area contributed by atoms with Crippen LogP contribution in [0.3, 0.4) is 0 Å². The molecular formula is C18H24OS2. The van der Waals surface area contributed by atoms with Crippen molar-refractivity contribution >= 4 is 29.0 Å². The second-order valence-corrected chi connectivity index (χ2v) is 8.39. The van der Waals surface area contributed by atoms with E-state index in [9.17, 15) is 0 Å². The number of benzene rings is 1. The van der Waals surface area contributed by atoms with Gasteiger partial charge in [0, 0.05) is 16.9 Å². The molecule has 1 aliphatic heterocycles. The Morgan fingerprint density at radius 2 is 2.05 bits per heavy atom. The van der Waals surface area contributed by atoms with Crippen LogP contribution >= 0.6 is 24.0 Å². The molecule has 1 aliphatic carbocycles. The van der Waals surface area contributed by atoms with Gasteiger partial charge in [0.25, 0.3) is 0 Å². The normalized spacial score (nSPS) is 28.6. The van der Waals surface area contributed by atoms with Gasteiger partial charge in [-0.25, -0.2) is 0 Å². The summed E-state index contributed by atoms with van der Waals surface area (Å²) in [5.74, 6) is 2.24. The zero-order valence-electron chi connectivity index (χ0n) is 12.9. The molecule has 1 nitrogen and oxygen atoms in total. The minimum Gasteiger partial charge on any atom is -0.450 e. The molecule has 0 N–H and O–H groups in total. The molecule has 0 amide bonds. The van der Waals surface area contributed by atoms with Crippen molar-refractivity contribution in [1.82, 2.24) is 0 Å². The smallest absolute Gasteiger partial charge is 0.167 e. The summed E-state index contributed by atoms with van der Waals surface area (Å²) >= 11 is 7.60. The van der Waals surface area contributed by atoms with E-state index in [-0.39, 0.29) is 0 Å². The van der Waals surface area contributed by atoms with Crippen molar-refractivity contribution in [2.45, 2.75) is 62.4 Å². The first-order valence-electron chi connectivity index (χ1n) is 8.11. The van der Waals surface area contributed by atoms with Crippen molar-refractivity contribution in [1.29, 1.82) is 0 Å². The molecule has 3 heteroatoms. The minimum absolute atomic E-state index is 0.609. The van der Waals surface area contributed by atoms with Gasteiger partial charge in [0.2, 0.25) is 0 Å². The SMILES string of the molecule is CCC(C)c1ccc(OC(=S)CC2CCC3SC3C2)cc1. The fraction of sp³-hybridized carbons (Fsp3) is 0.611. The maximum atomic E-state index is 5.86. The molecule has 0 spiro atoms. The predicted octanol–water partition coefficient (Wildman–Crippen LogP) is 5.58. The number of thioether (sulfide) groups is 1. The fourth-order valence-corrected chi connectivity index (χ4v) is 4.77. The number of ether oxygens (including phenoxy) is 1. The van der Waals surface area contributed by atoms with Crippen LogP contribution in [-0.2, 0) is 0 Å². The van der Waals surface area contributed by atoms with E-state index < -0.39 is 0 Å². The Bertz CT molecular complexity index is 496. The Morgan fingerprint density at radius 1 is 1.29 bits per heavy atom. The van der Waals surface area contributed by atoms with Crippen molar-refractivity contribution in [2.75, 3.05) is 0 Å². The van der Waals surface area contributed by atoms with Crippen LogP contribution in [0.25, 0.3) is 0 Å². The zero-order chi connectivity index (χ0) is 14.8. The van der Waals surface area contributed by atoms with E-state index in [4.69, 9.17) is 17.0 Å². The monoisotopic (exact) mass is 320 g/mol. The summed E-state index contributed by atoms with van der Waals surface area (Å²) in [6.45, 7) is 4.48. The van der Waals surface area contributed by atoms with Gasteiger partial charge < -0.3 is 4.74 Å². The Labute approximate surface area is 137 Å². The molecule has 0 aromatic heterocycles. The third kappa shape index (κ3) is 4.01. The standard InChI is InChI=1S/C18H24OS2/c1-3-12(2)14-5-7-15(8-6-14)19-18(20)11-13-4-9-16-17(10-13)21-16/h5-8,12-13,16-17H,3-4,9-11H2,1-2H3. The van der Waals surface area contributed by atoms with Crippen molar-refractivity contribution in [3.8, 4) is 5.75 Å². The number of rotatable bonds is 5. The Hall–Kier alpha value is -0.540. The van der Waals surface area contributed by atoms with Crippen LogP contribution in [0.15, 0.2) is 24.3 Å². The first-order valence-corrected chi connectivity index (χ1v) is 9.47. The van der Waals surface area contributed by atoms with Crippen LogP contribution in [0.1, 0.15) is 57.4 Å². The molecule has 3 rings (SSSR count). The van der Waals surface area contributed by atoms with Crippen LogP contribution in [-0.4, -0.2) is 15.6 Å². The average Bonchev–Trinajstić information content (AvgIpc) is 3.25. The highest BCUT2D eigenvalue weighted by atomic mass is 32.2. The zero-order valence-corrected chi connectivity index (χ0v) is 14.5. The summed E-state index contributed by atoms with van der Waals surface area (Å²) in [6.07, 6.45) is 6.16. The summed E-state index contributed by atoms with van der Waals surface area (Å²) in [5.41, 5.74) is 1.37. The first kappa shape index (κ1) is 15.4. The second-order valence-electron chi connectivity index (χ2n) is 6.45. The van der Waals surface area contributed by atoms with Gasteiger partial charge in [-0.1, -0.05) is 26.0 Å². The third-order valence-corrected chi connectivity index (χ3v) is 6.58. The number of hydrogen-bond donors (Lipinski definition) is 0. The Kier molecular flexibility index (Phi) is 4.90. The van der Waals surface area contributed by atoms with E-state index >= 15 is 0 Å². The van der Waals surface area contributed by atoms with E-state index in [1.165, 1.54) is 31.2 Å². The quantitative estimate of drug-likeness (QED) is 0.518. The number of thiocarbonyl (C=S) groups is 1. The summed E-state index contributed by atoms with van der Waals surface area (Å²) in [5, 5.41) is 2.67. The Balaban J connectivity index is 1.49. The predicted molar refractivity (Wildman–Crippen MR) is 95.5 cm³/mol. The largest absolute Gasteiger partial charge is 0.450 e. The Morgan fingerprint density at radius 3 is 2.71 bits per heavy atom. The van der Waals surface area contributed by atoms with Crippen molar-refractivity contribution < 1.29 is 4.74 Å². The molecule has 1 saturated heterocycles. The molecule has 2 fully saturated rings. The molecule has 21 heavy (non-hydrogen) atoms. The van der Waals surface area contributed by atoms with Crippen LogP contribution in [0.2, 0.25) is 0 Å². The highest BCUT2D eigenvalue weighted by Crippen LogP contribution is 2.53. The molecule has 1 heterocycles. The molecule has 2 aliphatic rings. The highest BCUT2D eigenvalue weighted by molar-refractivity contribution is 8.07. The van der Waals surface area contributed by atoms with Gasteiger partial charge in [0.1, 0.15) is 5.75 Å². The molecule has 1 aromatic rings. The molecule has 1 aromatic carbocycles. The molecule has 1 saturated carbocycles. The van der Waals surface area contributed by atoms with Gasteiger partial charge >= 0.3 is 0 Å². The van der Waals surface area contributed by atoms with E-state index in [1.54, 1.807) is 0 Å².